The number of carbonyl (C=O) groups excluding carboxylic acids is 2. The molecule has 0 atom stereocenters. The summed E-state index contributed by atoms with van der Waals surface area (Å²) in [6.45, 7) is 3.48. The van der Waals surface area contributed by atoms with E-state index in [1.807, 2.05) is 6.92 Å². The molecule has 0 spiro atoms. The molecule has 0 fully saturated rings. The molecule has 0 radical (unpaired) electrons. The molecular weight excluding hydrogens is 419 g/mol. The van der Waals surface area contributed by atoms with E-state index in [1.165, 1.54) is 12.3 Å². The maximum Gasteiger partial charge on any atom is 0.417 e. The van der Waals surface area contributed by atoms with Crippen molar-refractivity contribution in [3.8, 4) is 0 Å². The van der Waals surface area contributed by atoms with Crippen LogP contribution in [0.2, 0.25) is 5.02 Å². The Morgan fingerprint density at radius 3 is 2.40 bits per heavy atom. The van der Waals surface area contributed by atoms with Crippen molar-refractivity contribution in [2.24, 2.45) is 0 Å². The van der Waals surface area contributed by atoms with Crippen LogP contribution in [0, 0.1) is 13.8 Å². The van der Waals surface area contributed by atoms with Crippen molar-refractivity contribution < 1.29 is 27.3 Å². The highest BCUT2D eigenvalue weighted by molar-refractivity contribution is 6.31. The van der Waals surface area contributed by atoms with Gasteiger partial charge in [-0.2, -0.15) is 13.2 Å². The van der Waals surface area contributed by atoms with E-state index in [-0.39, 0.29) is 24.2 Å². The molecule has 3 aromatic rings. The van der Waals surface area contributed by atoms with Gasteiger partial charge in [-0.15, -0.1) is 0 Å². The maximum absolute atomic E-state index is 13.0. The third-order valence-corrected chi connectivity index (χ3v) is 5.10. The SMILES string of the molecule is Cc1ccc(CC(=O)c2ccc(Cl)c(C(F)(F)F)c2)cc1CC(=O)c1cnoc1C. The molecule has 0 unspecified atom stereocenters. The minimum Gasteiger partial charge on any atom is -0.361 e. The summed E-state index contributed by atoms with van der Waals surface area (Å²) in [5.74, 6) is -0.229. The number of aromatic nitrogens is 1. The fourth-order valence-corrected chi connectivity index (χ4v) is 3.29. The van der Waals surface area contributed by atoms with E-state index in [4.69, 9.17) is 16.1 Å². The number of nitrogens with zero attached hydrogens (tertiary/aromatic N) is 1. The first-order chi connectivity index (χ1) is 14.1. The molecule has 156 valence electrons. The quantitative estimate of drug-likeness (QED) is 0.458. The first-order valence-electron chi connectivity index (χ1n) is 8.99. The third kappa shape index (κ3) is 4.79. The summed E-state index contributed by atoms with van der Waals surface area (Å²) in [6.07, 6.45) is -3.30. The zero-order valence-corrected chi connectivity index (χ0v) is 16.9. The number of halogens is 4. The van der Waals surface area contributed by atoms with Crippen LogP contribution in [0.25, 0.3) is 0 Å². The molecule has 0 N–H and O–H groups in total. The van der Waals surface area contributed by atoms with E-state index < -0.39 is 22.5 Å². The molecule has 3 rings (SSSR count). The van der Waals surface area contributed by atoms with Crippen molar-refractivity contribution in [2.75, 3.05) is 0 Å². The Balaban J connectivity index is 1.81. The topological polar surface area (TPSA) is 60.2 Å². The van der Waals surface area contributed by atoms with Gasteiger partial charge in [0.25, 0.3) is 0 Å². The van der Waals surface area contributed by atoms with Crippen molar-refractivity contribution in [2.45, 2.75) is 32.9 Å². The molecule has 8 heteroatoms. The molecule has 0 bridgehead atoms. The van der Waals surface area contributed by atoms with Crippen LogP contribution in [0.1, 0.15) is 48.7 Å². The number of Topliss-reactive ketones (excluding diaryl/α,β-unsaturated/α-hetero) is 2. The lowest BCUT2D eigenvalue weighted by Gasteiger charge is -2.11. The van der Waals surface area contributed by atoms with Crippen LogP contribution in [0.4, 0.5) is 13.2 Å². The van der Waals surface area contributed by atoms with E-state index in [0.29, 0.717) is 16.9 Å². The van der Waals surface area contributed by atoms with Gasteiger partial charge in [0.05, 0.1) is 22.3 Å². The Bertz CT molecular complexity index is 1120. The molecule has 1 heterocycles. The second kappa shape index (κ2) is 8.44. The molecule has 0 aliphatic rings. The van der Waals surface area contributed by atoms with E-state index in [0.717, 1.165) is 23.3 Å². The van der Waals surface area contributed by atoms with Crippen LogP contribution >= 0.6 is 11.6 Å². The normalized spacial score (nSPS) is 11.5. The van der Waals surface area contributed by atoms with Crippen LogP contribution in [0.3, 0.4) is 0 Å². The molecule has 0 aliphatic heterocycles. The average Bonchev–Trinajstić information content (AvgIpc) is 3.10. The molecule has 0 aliphatic carbocycles. The summed E-state index contributed by atoms with van der Waals surface area (Å²) in [5, 5.41) is 3.14. The van der Waals surface area contributed by atoms with Crippen LogP contribution in [-0.2, 0) is 19.0 Å². The molecule has 2 aromatic carbocycles. The highest BCUT2D eigenvalue weighted by Crippen LogP contribution is 2.35. The van der Waals surface area contributed by atoms with Crippen molar-refractivity contribution >= 4 is 23.2 Å². The Morgan fingerprint density at radius 2 is 1.77 bits per heavy atom. The number of carbonyl (C=O) groups is 2. The minimum absolute atomic E-state index is 0.0787. The van der Waals surface area contributed by atoms with E-state index in [2.05, 4.69) is 5.16 Å². The molecule has 0 saturated carbocycles. The van der Waals surface area contributed by atoms with Gasteiger partial charge < -0.3 is 4.52 Å². The van der Waals surface area contributed by atoms with Gasteiger partial charge in [0.2, 0.25) is 0 Å². The number of alkyl halides is 3. The van der Waals surface area contributed by atoms with Crippen LogP contribution < -0.4 is 0 Å². The summed E-state index contributed by atoms with van der Waals surface area (Å²) in [7, 11) is 0. The third-order valence-electron chi connectivity index (χ3n) is 4.77. The highest BCUT2D eigenvalue weighted by atomic mass is 35.5. The van der Waals surface area contributed by atoms with E-state index in [1.54, 1.807) is 25.1 Å². The second-order valence-electron chi connectivity index (χ2n) is 6.95. The minimum atomic E-state index is -4.65. The predicted octanol–water partition coefficient (Wildman–Crippen LogP) is 5.81. The number of benzene rings is 2. The number of rotatable bonds is 6. The standard InChI is InChI=1S/C22H17ClF3NO3/c1-12-3-4-14(7-16(12)10-21(29)17-11-27-30-13(17)2)8-20(28)15-5-6-19(23)18(9-15)22(24,25)26/h3-7,9,11H,8,10H2,1-2H3. The van der Waals surface area contributed by atoms with Crippen molar-refractivity contribution in [3.63, 3.8) is 0 Å². The summed E-state index contributed by atoms with van der Waals surface area (Å²) < 4.78 is 44.0. The van der Waals surface area contributed by atoms with Gasteiger partial charge in [0, 0.05) is 18.4 Å². The first kappa shape index (κ1) is 21.8. The number of ketones is 2. The van der Waals surface area contributed by atoms with Crippen LogP contribution in [0.15, 0.2) is 47.1 Å². The molecule has 1 aromatic heterocycles. The van der Waals surface area contributed by atoms with Crippen molar-refractivity contribution in [1.29, 1.82) is 0 Å². The van der Waals surface area contributed by atoms with Crippen LogP contribution in [0.5, 0.6) is 0 Å². The summed E-state index contributed by atoms with van der Waals surface area (Å²) in [5.41, 5.74) is 1.44. The lowest BCUT2D eigenvalue weighted by molar-refractivity contribution is -0.137. The average molecular weight is 436 g/mol. The Morgan fingerprint density at radius 1 is 1.03 bits per heavy atom. The number of aryl methyl sites for hydroxylation is 2. The fourth-order valence-electron chi connectivity index (χ4n) is 3.06. The first-order valence-corrected chi connectivity index (χ1v) is 9.37. The molecule has 0 amide bonds. The monoisotopic (exact) mass is 435 g/mol. The lowest BCUT2D eigenvalue weighted by Crippen LogP contribution is -2.10. The van der Waals surface area contributed by atoms with Gasteiger partial charge in [0.15, 0.2) is 11.6 Å². The summed E-state index contributed by atoms with van der Waals surface area (Å²) in [6, 6.07) is 8.30. The van der Waals surface area contributed by atoms with Crippen molar-refractivity contribution in [3.05, 3.63) is 86.8 Å². The Hall–Kier alpha value is -2.93. The van der Waals surface area contributed by atoms with Gasteiger partial charge in [-0.05, 0) is 48.7 Å². The zero-order valence-electron chi connectivity index (χ0n) is 16.1. The predicted molar refractivity (Wildman–Crippen MR) is 105 cm³/mol. The summed E-state index contributed by atoms with van der Waals surface area (Å²) >= 11 is 5.61. The van der Waals surface area contributed by atoms with Gasteiger partial charge in [-0.3, -0.25) is 9.59 Å². The largest absolute Gasteiger partial charge is 0.417 e. The maximum atomic E-state index is 13.0. The molecular formula is C22H17ClF3NO3. The van der Waals surface area contributed by atoms with Crippen molar-refractivity contribution in [1.82, 2.24) is 5.16 Å². The Kier molecular flexibility index (Phi) is 6.12. The number of hydrogen-bond donors (Lipinski definition) is 0. The van der Waals surface area contributed by atoms with Gasteiger partial charge >= 0.3 is 6.18 Å². The molecule has 4 nitrogen and oxygen atoms in total. The van der Waals surface area contributed by atoms with Gasteiger partial charge in [0.1, 0.15) is 5.76 Å². The molecule has 30 heavy (non-hydrogen) atoms. The summed E-state index contributed by atoms with van der Waals surface area (Å²) in [4.78, 5) is 25.0. The van der Waals surface area contributed by atoms with E-state index >= 15 is 0 Å². The van der Waals surface area contributed by atoms with Gasteiger partial charge in [-0.1, -0.05) is 35.0 Å². The lowest BCUT2D eigenvalue weighted by atomic mass is 9.95. The fraction of sp³-hybridized carbons (Fsp3) is 0.227. The molecule has 0 saturated heterocycles. The number of hydrogen-bond acceptors (Lipinski definition) is 4. The Labute approximate surface area is 175 Å². The highest BCUT2D eigenvalue weighted by Gasteiger charge is 2.33. The van der Waals surface area contributed by atoms with E-state index in [9.17, 15) is 22.8 Å². The van der Waals surface area contributed by atoms with Gasteiger partial charge in [-0.25, -0.2) is 0 Å². The van der Waals surface area contributed by atoms with Crippen LogP contribution in [-0.4, -0.2) is 16.7 Å². The smallest absolute Gasteiger partial charge is 0.361 e. The second-order valence-corrected chi connectivity index (χ2v) is 7.36. The zero-order chi connectivity index (χ0) is 22.1.